The highest BCUT2D eigenvalue weighted by molar-refractivity contribution is 6.04. The van der Waals surface area contributed by atoms with Crippen LogP contribution in [0.2, 0.25) is 0 Å². The number of benzene rings is 1. The molecule has 18 heavy (non-hydrogen) atoms. The van der Waals surface area contributed by atoms with E-state index in [2.05, 4.69) is 10.3 Å². The Balaban J connectivity index is 2.12. The molecule has 0 bridgehead atoms. The average molecular weight is 243 g/mol. The number of anilines is 1. The summed E-state index contributed by atoms with van der Waals surface area (Å²) in [7, 11) is 0. The van der Waals surface area contributed by atoms with Crippen molar-refractivity contribution in [1.82, 2.24) is 4.98 Å². The number of aromatic nitrogens is 1. The quantitative estimate of drug-likeness (QED) is 0.661. The van der Waals surface area contributed by atoms with Gasteiger partial charge in [0.25, 0.3) is 11.6 Å². The van der Waals surface area contributed by atoms with Crippen LogP contribution in [0, 0.1) is 10.1 Å². The molecule has 0 saturated carbocycles. The lowest BCUT2D eigenvalue weighted by molar-refractivity contribution is -0.384. The molecular formula is C12H9N3O3. The summed E-state index contributed by atoms with van der Waals surface area (Å²) in [4.78, 5) is 25.6. The molecule has 1 aromatic carbocycles. The van der Waals surface area contributed by atoms with Crippen molar-refractivity contribution < 1.29 is 9.72 Å². The van der Waals surface area contributed by atoms with E-state index in [1.165, 1.54) is 24.3 Å². The maximum atomic E-state index is 11.8. The van der Waals surface area contributed by atoms with Gasteiger partial charge in [0.2, 0.25) is 0 Å². The summed E-state index contributed by atoms with van der Waals surface area (Å²) < 4.78 is 0. The number of amides is 1. The van der Waals surface area contributed by atoms with E-state index in [-0.39, 0.29) is 11.6 Å². The minimum absolute atomic E-state index is 0.0459. The van der Waals surface area contributed by atoms with Crippen LogP contribution in [-0.4, -0.2) is 15.8 Å². The molecular weight excluding hydrogens is 234 g/mol. The van der Waals surface area contributed by atoms with Crippen LogP contribution in [0.5, 0.6) is 0 Å². The molecule has 6 heteroatoms. The summed E-state index contributed by atoms with van der Waals surface area (Å²) in [6.07, 6.45) is 3.12. The van der Waals surface area contributed by atoms with Crippen molar-refractivity contribution in [2.45, 2.75) is 0 Å². The fourth-order valence-electron chi connectivity index (χ4n) is 1.37. The van der Waals surface area contributed by atoms with E-state index >= 15 is 0 Å². The lowest BCUT2D eigenvalue weighted by atomic mass is 10.2. The van der Waals surface area contributed by atoms with Gasteiger partial charge in [-0.3, -0.25) is 19.9 Å². The highest BCUT2D eigenvalue weighted by Crippen LogP contribution is 2.13. The van der Waals surface area contributed by atoms with Crippen LogP contribution >= 0.6 is 0 Å². The zero-order valence-corrected chi connectivity index (χ0v) is 9.24. The van der Waals surface area contributed by atoms with Gasteiger partial charge in [-0.1, -0.05) is 0 Å². The van der Waals surface area contributed by atoms with E-state index in [9.17, 15) is 14.9 Å². The van der Waals surface area contributed by atoms with Gasteiger partial charge in [-0.2, -0.15) is 0 Å². The third-order valence-corrected chi connectivity index (χ3v) is 2.28. The SMILES string of the molecule is O=C(Nc1ccncc1)c1ccc([N+](=O)[O-])cc1. The summed E-state index contributed by atoms with van der Waals surface area (Å²) in [6, 6.07) is 8.72. The summed E-state index contributed by atoms with van der Waals surface area (Å²) in [6.45, 7) is 0. The van der Waals surface area contributed by atoms with Crippen LogP contribution in [-0.2, 0) is 0 Å². The molecule has 0 radical (unpaired) electrons. The first-order valence-electron chi connectivity index (χ1n) is 5.12. The number of carbonyl (C=O) groups is 1. The number of rotatable bonds is 3. The molecule has 1 N–H and O–H groups in total. The average Bonchev–Trinajstić information content (AvgIpc) is 2.40. The lowest BCUT2D eigenvalue weighted by Gasteiger charge is -2.04. The Bertz CT molecular complexity index is 567. The number of non-ortho nitro benzene ring substituents is 1. The van der Waals surface area contributed by atoms with E-state index in [0.29, 0.717) is 11.3 Å². The van der Waals surface area contributed by atoms with Gasteiger partial charge in [-0.05, 0) is 24.3 Å². The van der Waals surface area contributed by atoms with Gasteiger partial charge in [0.05, 0.1) is 4.92 Å². The number of nitrogens with zero attached hydrogens (tertiary/aromatic N) is 2. The van der Waals surface area contributed by atoms with Crippen LogP contribution in [0.4, 0.5) is 11.4 Å². The van der Waals surface area contributed by atoms with Crippen molar-refractivity contribution in [3.05, 3.63) is 64.5 Å². The highest BCUT2D eigenvalue weighted by Gasteiger charge is 2.09. The third kappa shape index (κ3) is 2.67. The Morgan fingerprint density at radius 2 is 1.72 bits per heavy atom. The second-order valence-corrected chi connectivity index (χ2v) is 3.49. The maximum absolute atomic E-state index is 11.8. The zero-order chi connectivity index (χ0) is 13.0. The first-order valence-corrected chi connectivity index (χ1v) is 5.12. The molecule has 0 saturated heterocycles. The van der Waals surface area contributed by atoms with Gasteiger partial charge in [0, 0.05) is 35.8 Å². The van der Waals surface area contributed by atoms with E-state index in [0.717, 1.165) is 0 Å². The zero-order valence-electron chi connectivity index (χ0n) is 9.24. The fourth-order valence-corrected chi connectivity index (χ4v) is 1.37. The van der Waals surface area contributed by atoms with Gasteiger partial charge >= 0.3 is 0 Å². The van der Waals surface area contributed by atoms with Crippen molar-refractivity contribution in [2.24, 2.45) is 0 Å². The molecule has 2 rings (SSSR count). The normalized spacial score (nSPS) is 9.78. The second-order valence-electron chi connectivity index (χ2n) is 3.49. The molecule has 90 valence electrons. The van der Waals surface area contributed by atoms with Crippen molar-refractivity contribution in [1.29, 1.82) is 0 Å². The van der Waals surface area contributed by atoms with Crippen molar-refractivity contribution in [3.63, 3.8) is 0 Å². The Kier molecular flexibility index (Phi) is 3.29. The number of hydrogen-bond acceptors (Lipinski definition) is 4. The van der Waals surface area contributed by atoms with E-state index in [1.807, 2.05) is 0 Å². The van der Waals surface area contributed by atoms with Crippen LogP contribution in [0.15, 0.2) is 48.8 Å². The first kappa shape index (κ1) is 11.7. The molecule has 0 fully saturated rings. The molecule has 1 amide bonds. The summed E-state index contributed by atoms with van der Waals surface area (Å²) in [5, 5.41) is 13.1. The van der Waals surface area contributed by atoms with Crippen LogP contribution in [0.3, 0.4) is 0 Å². The predicted octanol–water partition coefficient (Wildman–Crippen LogP) is 2.24. The Labute approximate surface area is 102 Å². The fraction of sp³-hybridized carbons (Fsp3) is 0. The molecule has 2 aromatic rings. The smallest absolute Gasteiger partial charge is 0.269 e. The van der Waals surface area contributed by atoms with E-state index in [1.54, 1.807) is 24.5 Å². The number of pyridine rings is 1. The van der Waals surface area contributed by atoms with Crippen molar-refractivity contribution in [3.8, 4) is 0 Å². The van der Waals surface area contributed by atoms with Crippen LogP contribution < -0.4 is 5.32 Å². The number of hydrogen-bond donors (Lipinski definition) is 1. The molecule has 0 unspecified atom stereocenters. The van der Waals surface area contributed by atoms with Crippen LogP contribution in [0.25, 0.3) is 0 Å². The summed E-state index contributed by atoms with van der Waals surface area (Å²) in [5.74, 6) is -0.323. The Morgan fingerprint density at radius 3 is 2.28 bits per heavy atom. The van der Waals surface area contributed by atoms with Gasteiger partial charge in [0.15, 0.2) is 0 Å². The molecule has 0 aliphatic heterocycles. The number of nitro benzene ring substituents is 1. The van der Waals surface area contributed by atoms with Gasteiger partial charge in [-0.15, -0.1) is 0 Å². The minimum Gasteiger partial charge on any atom is -0.322 e. The van der Waals surface area contributed by atoms with Gasteiger partial charge in [0.1, 0.15) is 0 Å². The minimum atomic E-state index is -0.509. The first-order chi connectivity index (χ1) is 8.66. The van der Waals surface area contributed by atoms with Gasteiger partial charge in [-0.25, -0.2) is 0 Å². The molecule has 0 spiro atoms. The molecule has 0 aliphatic carbocycles. The monoisotopic (exact) mass is 243 g/mol. The maximum Gasteiger partial charge on any atom is 0.269 e. The molecule has 0 atom stereocenters. The van der Waals surface area contributed by atoms with Crippen molar-refractivity contribution in [2.75, 3.05) is 5.32 Å². The van der Waals surface area contributed by atoms with Crippen LogP contribution in [0.1, 0.15) is 10.4 Å². The third-order valence-electron chi connectivity index (χ3n) is 2.28. The standard InChI is InChI=1S/C12H9N3O3/c16-12(14-10-5-7-13-8-6-10)9-1-3-11(4-2-9)15(17)18/h1-8H,(H,13,14,16). The second kappa shape index (κ2) is 5.05. The predicted molar refractivity (Wildman–Crippen MR) is 65.3 cm³/mol. The largest absolute Gasteiger partial charge is 0.322 e. The molecule has 0 aliphatic rings. The number of carbonyl (C=O) groups excluding carboxylic acids is 1. The lowest BCUT2D eigenvalue weighted by Crippen LogP contribution is -2.11. The molecule has 6 nitrogen and oxygen atoms in total. The van der Waals surface area contributed by atoms with E-state index < -0.39 is 4.92 Å². The number of nitrogens with one attached hydrogen (secondary N) is 1. The molecule has 1 heterocycles. The molecule has 1 aromatic heterocycles. The summed E-state index contributed by atoms with van der Waals surface area (Å²) >= 11 is 0. The number of nitro groups is 1. The topological polar surface area (TPSA) is 85.1 Å². The Morgan fingerprint density at radius 1 is 1.11 bits per heavy atom. The Hall–Kier alpha value is -2.76. The van der Waals surface area contributed by atoms with Crippen molar-refractivity contribution >= 4 is 17.3 Å². The highest BCUT2D eigenvalue weighted by atomic mass is 16.6. The van der Waals surface area contributed by atoms with E-state index in [4.69, 9.17) is 0 Å². The summed E-state index contributed by atoms with van der Waals surface area (Å²) in [5.41, 5.74) is 0.932. The van der Waals surface area contributed by atoms with Gasteiger partial charge < -0.3 is 5.32 Å².